The summed E-state index contributed by atoms with van der Waals surface area (Å²) >= 11 is 0. The second-order valence-corrected chi connectivity index (χ2v) is 21.6. The van der Waals surface area contributed by atoms with Gasteiger partial charge in [-0.3, -0.25) is 0 Å². The van der Waals surface area contributed by atoms with Gasteiger partial charge >= 0.3 is 14.2 Å². The molecule has 2 aliphatic rings. The molecule has 0 aromatic heterocycles. The first-order valence-electron chi connectivity index (χ1n) is 26.3. The van der Waals surface area contributed by atoms with Gasteiger partial charge in [0.1, 0.15) is 0 Å². The molecule has 0 atom stereocenters. The van der Waals surface area contributed by atoms with E-state index in [1.54, 1.807) is 0 Å². The van der Waals surface area contributed by atoms with Crippen molar-refractivity contribution >= 4 is 93.4 Å². The van der Waals surface area contributed by atoms with Gasteiger partial charge in [-0.2, -0.15) is 0 Å². The van der Waals surface area contributed by atoms with Crippen LogP contribution in [0.25, 0.3) is 0 Å². The van der Waals surface area contributed by atoms with Crippen LogP contribution in [0.2, 0.25) is 0 Å². The summed E-state index contributed by atoms with van der Waals surface area (Å²) in [5, 5.41) is 0. The first-order valence-corrected chi connectivity index (χ1v) is 26.3. The van der Waals surface area contributed by atoms with E-state index in [9.17, 15) is 0 Å². The lowest BCUT2D eigenvalue weighted by molar-refractivity contribution is 0.00578. The van der Waals surface area contributed by atoms with Crippen molar-refractivity contribution in [2.24, 2.45) is 0 Å². The number of hydrogen-bond donors (Lipinski definition) is 0. The summed E-state index contributed by atoms with van der Waals surface area (Å²) in [5.74, 6) is 0. The number of anilines is 12. The molecule has 0 bridgehead atoms. The molecular formula is C66H64B2N4O4. The molecular weight excluding hydrogens is 934 g/mol. The highest BCUT2D eigenvalue weighted by Crippen LogP contribution is 2.44. The van der Waals surface area contributed by atoms with Crippen molar-refractivity contribution in [3.8, 4) is 0 Å². The van der Waals surface area contributed by atoms with Crippen molar-refractivity contribution in [2.45, 2.75) is 77.8 Å². The highest BCUT2D eigenvalue weighted by atomic mass is 16.7. The van der Waals surface area contributed by atoms with Gasteiger partial charge in [-0.05, 0) is 212 Å². The van der Waals surface area contributed by atoms with E-state index in [1.807, 2.05) is 0 Å². The Bertz CT molecular complexity index is 3100. The minimum absolute atomic E-state index is 0.416. The monoisotopic (exact) mass is 999 g/mol. The molecule has 9 aromatic carbocycles. The Morgan fingerprint density at radius 2 is 0.355 bits per heavy atom. The molecule has 0 radical (unpaired) electrons. The molecule has 0 aliphatic carbocycles. The van der Waals surface area contributed by atoms with Crippen LogP contribution in [0.5, 0.6) is 0 Å². The van der Waals surface area contributed by atoms with E-state index in [0.717, 1.165) is 79.2 Å². The zero-order valence-electron chi connectivity index (χ0n) is 44.7. The summed E-state index contributed by atoms with van der Waals surface area (Å²) < 4.78 is 25.6. The van der Waals surface area contributed by atoms with E-state index in [-0.39, 0.29) is 0 Å². The zero-order chi connectivity index (χ0) is 52.7. The number of rotatable bonds is 14. The molecule has 0 amide bonds. The summed E-state index contributed by atoms with van der Waals surface area (Å²) in [4.78, 5) is 9.18. The molecule has 0 N–H and O–H groups in total. The molecule has 76 heavy (non-hydrogen) atoms. The summed E-state index contributed by atoms with van der Waals surface area (Å²) in [5.41, 5.74) is 12.8. The van der Waals surface area contributed by atoms with Crippen molar-refractivity contribution in [3.05, 3.63) is 243 Å². The molecule has 9 aromatic rings. The van der Waals surface area contributed by atoms with Gasteiger partial charge in [0, 0.05) is 68.2 Å². The molecule has 0 spiro atoms. The van der Waals surface area contributed by atoms with Gasteiger partial charge in [0.2, 0.25) is 0 Å². The lowest BCUT2D eigenvalue weighted by Crippen LogP contribution is -2.41. The Morgan fingerprint density at radius 3 is 0.526 bits per heavy atom. The lowest BCUT2D eigenvalue weighted by atomic mass is 9.79. The van der Waals surface area contributed by atoms with Gasteiger partial charge in [0.25, 0.3) is 0 Å². The summed E-state index contributed by atoms with van der Waals surface area (Å²) in [6, 6.07) is 85.6. The molecule has 8 nitrogen and oxygen atoms in total. The fourth-order valence-corrected chi connectivity index (χ4v) is 9.87. The van der Waals surface area contributed by atoms with Crippen LogP contribution in [-0.4, -0.2) is 36.6 Å². The summed E-state index contributed by atoms with van der Waals surface area (Å²) in [6.45, 7) is 16.7. The van der Waals surface area contributed by atoms with E-state index in [2.05, 4.69) is 318 Å². The Morgan fingerprint density at radius 1 is 0.211 bits per heavy atom. The SMILES string of the molecule is CC1(C)OB(c2ccc(N(c3ccccc3)c3ccc(N(c4ccccc4)c4ccc(N(c5ccccc5)c5ccc(N(c6ccccc6)c6ccc(B7OC(C)(C)C(C)(C)O7)cc6)cc5)cc4)cc3)cc2)OC1(C)C. The highest BCUT2D eigenvalue weighted by Gasteiger charge is 2.52. The van der Waals surface area contributed by atoms with Gasteiger partial charge in [-0.15, -0.1) is 0 Å². The van der Waals surface area contributed by atoms with Crippen LogP contribution in [0.15, 0.2) is 243 Å². The second-order valence-electron chi connectivity index (χ2n) is 21.6. The number of hydrogen-bond acceptors (Lipinski definition) is 8. The van der Waals surface area contributed by atoms with Crippen LogP contribution >= 0.6 is 0 Å². The smallest absolute Gasteiger partial charge is 0.399 e. The highest BCUT2D eigenvalue weighted by molar-refractivity contribution is 6.62. The number of benzene rings is 9. The third-order valence-electron chi connectivity index (χ3n) is 15.5. The molecule has 2 aliphatic heterocycles. The normalized spacial score (nSPS) is 16.1. The molecule has 2 fully saturated rings. The Hall–Kier alpha value is -7.85. The minimum Gasteiger partial charge on any atom is -0.399 e. The van der Waals surface area contributed by atoms with E-state index in [0.29, 0.717) is 0 Å². The van der Waals surface area contributed by atoms with E-state index >= 15 is 0 Å². The van der Waals surface area contributed by atoms with Crippen molar-refractivity contribution in [2.75, 3.05) is 19.6 Å². The van der Waals surface area contributed by atoms with Crippen LogP contribution in [0, 0.1) is 0 Å². The third-order valence-corrected chi connectivity index (χ3v) is 15.5. The Labute approximate surface area is 450 Å². The fraction of sp³-hybridized carbons (Fsp3) is 0.182. The van der Waals surface area contributed by atoms with Crippen molar-refractivity contribution in [1.29, 1.82) is 0 Å². The lowest BCUT2D eigenvalue weighted by Gasteiger charge is -2.32. The second kappa shape index (κ2) is 20.4. The molecule has 0 unspecified atom stereocenters. The van der Waals surface area contributed by atoms with Gasteiger partial charge < -0.3 is 38.2 Å². The largest absolute Gasteiger partial charge is 0.494 e. The quantitative estimate of drug-likeness (QED) is 0.0999. The van der Waals surface area contributed by atoms with Crippen molar-refractivity contribution < 1.29 is 18.6 Å². The van der Waals surface area contributed by atoms with E-state index in [1.165, 1.54) is 0 Å². The van der Waals surface area contributed by atoms with E-state index in [4.69, 9.17) is 18.6 Å². The van der Waals surface area contributed by atoms with Crippen LogP contribution in [0.3, 0.4) is 0 Å². The van der Waals surface area contributed by atoms with Crippen LogP contribution in [0.1, 0.15) is 55.4 Å². The average molecular weight is 999 g/mol. The number of para-hydroxylation sites is 4. The fourth-order valence-electron chi connectivity index (χ4n) is 9.87. The van der Waals surface area contributed by atoms with Crippen molar-refractivity contribution in [1.82, 2.24) is 0 Å². The van der Waals surface area contributed by atoms with Crippen LogP contribution in [-0.2, 0) is 18.6 Å². The zero-order valence-corrected chi connectivity index (χ0v) is 44.7. The predicted molar refractivity (Wildman–Crippen MR) is 317 cm³/mol. The predicted octanol–water partition coefficient (Wildman–Crippen LogP) is 16.2. The molecule has 378 valence electrons. The van der Waals surface area contributed by atoms with Gasteiger partial charge in [0.05, 0.1) is 22.4 Å². The standard InChI is InChI=1S/C66H64B2N4O4/c1-63(2)64(3,4)74-67(73-63)49-29-33-55(34-30-49)69(51-21-13-9-14-22-51)57-37-41-59(42-38-57)71(53-25-17-11-18-26-53)61-45-47-62(48-46-61)72(54-27-19-12-20-28-54)60-43-39-58(40-44-60)70(52-23-15-10-16-24-52)56-35-31-50(32-36-56)68-75-65(5,6)66(7,8)76-68/h9-48H,1-8H3. The van der Waals surface area contributed by atoms with Crippen LogP contribution < -0.4 is 30.5 Å². The Kier molecular flexibility index (Phi) is 13.5. The third kappa shape index (κ3) is 9.93. The first kappa shape index (κ1) is 50.3. The van der Waals surface area contributed by atoms with E-state index < -0.39 is 36.6 Å². The van der Waals surface area contributed by atoms with Gasteiger partial charge in [-0.25, -0.2) is 0 Å². The van der Waals surface area contributed by atoms with Crippen LogP contribution in [0.4, 0.5) is 68.2 Å². The molecule has 2 heterocycles. The summed E-state index contributed by atoms with van der Waals surface area (Å²) in [6.07, 6.45) is 0. The Balaban J connectivity index is 0.887. The molecule has 11 rings (SSSR count). The summed E-state index contributed by atoms with van der Waals surface area (Å²) in [7, 11) is -0.866. The topological polar surface area (TPSA) is 49.9 Å². The van der Waals surface area contributed by atoms with Gasteiger partial charge in [-0.1, -0.05) is 97.1 Å². The maximum Gasteiger partial charge on any atom is 0.494 e. The maximum atomic E-state index is 6.39. The first-order chi connectivity index (χ1) is 36.6. The van der Waals surface area contributed by atoms with Crippen molar-refractivity contribution in [3.63, 3.8) is 0 Å². The molecule has 0 saturated carbocycles. The van der Waals surface area contributed by atoms with Gasteiger partial charge in [0.15, 0.2) is 0 Å². The minimum atomic E-state index is -0.433. The average Bonchev–Trinajstić information content (AvgIpc) is 3.86. The maximum absolute atomic E-state index is 6.39. The number of nitrogens with zero attached hydrogens (tertiary/aromatic N) is 4. The molecule has 10 heteroatoms. The molecule has 2 saturated heterocycles.